The van der Waals surface area contributed by atoms with Crippen LogP contribution in [0.25, 0.3) is 0 Å². The van der Waals surface area contributed by atoms with Crippen LogP contribution in [0.4, 0.5) is 13.2 Å². The molecule has 1 saturated heterocycles. The number of methoxy groups -OCH3 is 1. The van der Waals surface area contributed by atoms with Gasteiger partial charge in [0.1, 0.15) is 12.4 Å². The Morgan fingerprint density at radius 2 is 1.96 bits per heavy atom. The molecule has 3 nitrogen and oxygen atoms in total. The second-order valence-corrected chi connectivity index (χ2v) is 6.31. The summed E-state index contributed by atoms with van der Waals surface area (Å²) in [6.45, 7) is 5.17. The van der Waals surface area contributed by atoms with Crippen LogP contribution in [0.15, 0.2) is 18.2 Å². The van der Waals surface area contributed by atoms with Crippen LogP contribution in [0.2, 0.25) is 0 Å². The Morgan fingerprint density at radius 3 is 2.58 bits per heavy atom. The second-order valence-electron chi connectivity index (χ2n) is 6.31. The van der Waals surface area contributed by atoms with Crippen LogP contribution in [-0.2, 0) is 15.7 Å². The standard InChI is InChI=1S/C18H25F3O3/c1-4-15-10-17(12(2)11-24-15)13-7-14(18(19,20)21)9-16(8-13)23-6-5-22-3/h7-9,12,15,17H,4-6,10-11H2,1-3H3/t12-,15?,17-/m0/s1. The SMILES string of the molecule is CCC1C[C@H](c2cc(OCCOC)cc(C(F)(F)F)c2)[C@@H](C)CO1. The molecule has 1 aliphatic rings. The summed E-state index contributed by atoms with van der Waals surface area (Å²) in [6.07, 6.45) is -2.71. The van der Waals surface area contributed by atoms with E-state index in [1.165, 1.54) is 13.2 Å². The highest BCUT2D eigenvalue weighted by atomic mass is 19.4. The molecule has 24 heavy (non-hydrogen) atoms. The minimum atomic E-state index is -4.39. The number of rotatable bonds is 6. The van der Waals surface area contributed by atoms with Gasteiger partial charge in [0.25, 0.3) is 0 Å². The van der Waals surface area contributed by atoms with Gasteiger partial charge in [0.05, 0.1) is 24.9 Å². The van der Waals surface area contributed by atoms with Gasteiger partial charge in [0.2, 0.25) is 0 Å². The van der Waals surface area contributed by atoms with E-state index in [-0.39, 0.29) is 30.3 Å². The molecule has 1 heterocycles. The molecule has 1 aliphatic heterocycles. The molecule has 0 N–H and O–H groups in total. The van der Waals surface area contributed by atoms with E-state index in [4.69, 9.17) is 14.2 Å². The molecule has 2 rings (SSSR count). The van der Waals surface area contributed by atoms with Gasteiger partial charge in [-0.1, -0.05) is 13.8 Å². The van der Waals surface area contributed by atoms with Crippen molar-refractivity contribution in [2.75, 3.05) is 26.9 Å². The van der Waals surface area contributed by atoms with Crippen molar-refractivity contribution in [3.63, 3.8) is 0 Å². The summed E-state index contributed by atoms with van der Waals surface area (Å²) in [5, 5.41) is 0. The van der Waals surface area contributed by atoms with Gasteiger partial charge in [-0.3, -0.25) is 0 Å². The zero-order chi connectivity index (χ0) is 17.7. The molecule has 1 fully saturated rings. The van der Waals surface area contributed by atoms with Gasteiger partial charge < -0.3 is 14.2 Å². The minimum Gasteiger partial charge on any atom is -0.491 e. The third-order valence-electron chi connectivity index (χ3n) is 4.49. The number of hydrogen-bond acceptors (Lipinski definition) is 3. The van der Waals surface area contributed by atoms with E-state index in [2.05, 4.69) is 0 Å². The molecule has 1 aromatic rings. The summed E-state index contributed by atoms with van der Waals surface area (Å²) < 4.78 is 55.8. The third-order valence-corrected chi connectivity index (χ3v) is 4.49. The molecule has 0 bridgehead atoms. The number of ether oxygens (including phenoxy) is 3. The molecule has 1 unspecified atom stereocenters. The lowest BCUT2D eigenvalue weighted by Crippen LogP contribution is -2.30. The summed E-state index contributed by atoms with van der Waals surface area (Å²) >= 11 is 0. The highest BCUT2D eigenvalue weighted by molar-refractivity contribution is 5.38. The van der Waals surface area contributed by atoms with E-state index >= 15 is 0 Å². The Labute approximate surface area is 141 Å². The maximum atomic E-state index is 13.2. The van der Waals surface area contributed by atoms with Crippen LogP contribution in [-0.4, -0.2) is 33.0 Å². The number of benzene rings is 1. The van der Waals surface area contributed by atoms with Crippen LogP contribution in [0.1, 0.15) is 43.7 Å². The zero-order valence-electron chi connectivity index (χ0n) is 14.4. The first-order valence-electron chi connectivity index (χ1n) is 8.30. The number of hydrogen-bond donors (Lipinski definition) is 0. The fourth-order valence-electron chi connectivity index (χ4n) is 3.06. The van der Waals surface area contributed by atoms with Gasteiger partial charge in [-0.15, -0.1) is 0 Å². The molecule has 0 aliphatic carbocycles. The highest BCUT2D eigenvalue weighted by Gasteiger charge is 2.34. The fraction of sp³-hybridized carbons (Fsp3) is 0.667. The predicted octanol–water partition coefficient (Wildman–Crippen LogP) is 4.65. The lowest BCUT2D eigenvalue weighted by molar-refractivity contribution is -0.137. The topological polar surface area (TPSA) is 27.7 Å². The molecule has 0 spiro atoms. The molecular weight excluding hydrogens is 321 g/mol. The molecule has 0 saturated carbocycles. The lowest BCUT2D eigenvalue weighted by atomic mass is 9.80. The van der Waals surface area contributed by atoms with Gasteiger partial charge in [-0.2, -0.15) is 13.2 Å². The van der Waals surface area contributed by atoms with Crippen molar-refractivity contribution < 1.29 is 27.4 Å². The van der Waals surface area contributed by atoms with E-state index in [0.29, 0.717) is 18.8 Å². The molecular formula is C18H25F3O3. The van der Waals surface area contributed by atoms with E-state index in [9.17, 15) is 13.2 Å². The van der Waals surface area contributed by atoms with Crippen LogP contribution in [0, 0.1) is 5.92 Å². The van der Waals surface area contributed by atoms with Crippen LogP contribution < -0.4 is 4.74 Å². The van der Waals surface area contributed by atoms with Crippen molar-refractivity contribution in [2.24, 2.45) is 5.92 Å². The Bertz CT molecular complexity index is 531. The Kier molecular flexibility index (Phi) is 6.52. The quantitative estimate of drug-likeness (QED) is 0.702. The van der Waals surface area contributed by atoms with Crippen LogP contribution >= 0.6 is 0 Å². The van der Waals surface area contributed by atoms with E-state index in [0.717, 1.165) is 18.9 Å². The van der Waals surface area contributed by atoms with Gasteiger partial charge in [-0.05, 0) is 48.4 Å². The molecule has 136 valence electrons. The first-order chi connectivity index (χ1) is 11.3. The second kappa shape index (κ2) is 8.21. The third kappa shape index (κ3) is 4.86. The van der Waals surface area contributed by atoms with Gasteiger partial charge in [-0.25, -0.2) is 0 Å². The van der Waals surface area contributed by atoms with Crippen molar-refractivity contribution in [3.8, 4) is 5.75 Å². The van der Waals surface area contributed by atoms with Crippen molar-refractivity contribution in [3.05, 3.63) is 29.3 Å². The first-order valence-corrected chi connectivity index (χ1v) is 8.30. The van der Waals surface area contributed by atoms with E-state index in [1.54, 1.807) is 6.07 Å². The van der Waals surface area contributed by atoms with Gasteiger partial charge in [0.15, 0.2) is 0 Å². The smallest absolute Gasteiger partial charge is 0.416 e. The predicted molar refractivity (Wildman–Crippen MR) is 85.4 cm³/mol. The van der Waals surface area contributed by atoms with Crippen molar-refractivity contribution in [2.45, 2.75) is 44.9 Å². The normalized spacial score (nSPS) is 24.8. The number of halogens is 3. The van der Waals surface area contributed by atoms with E-state index in [1.807, 2.05) is 13.8 Å². The summed E-state index contributed by atoms with van der Waals surface area (Å²) in [6, 6.07) is 4.03. The fourth-order valence-corrected chi connectivity index (χ4v) is 3.06. The highest BCUT2D eigenvalue weighted by Crippen LogP contribution is 2.40. The minimum absolute atomic E-state index is 0.0378. The average molecular weight is 346 g/mol. The largest absolute Gasteiger partial charge is 0.491 e. The Balaban J connectivity index is 2.31. The van der Waals surface area contributed by atoms with Crippen molar-refractivity contribution in [1.29, 1.82) is 0 Å². The van der Waals surface area contributed by atoms with Crippen LogP contribution in [0.3, 0.4) is 0 Å². The van der Waals surface area contributed by atoms with E-state index < -0.39 is 11.7 Å². The zero-order valence-corrected chi connectivity index (χ0v) is 14.4. The molecule has 6 heteroatoms. The van der Waals surface area contributed by atoms with Crippen molar-refractivity contribution >= 4 is 0 Å². The first kappa shape index (κ1) is 19.1. The monoisotopic (exact) mass is 346 g/mol. The maximum absolute atomic E-state index is 13.2. The molecule has 0 radical (unpaired) electrons. The Hall–Kier alpha value is -1.27. The summed E-state index contributed by atoms with van der Waals surface area (Å²) in [7, 11) is 1.52. The summed E-state index contributed by atoms with van der Waals surface area (Å²) in [5.74, 6) is 0.447. The van der Waals surface area contributed by atoms with Gasteiger partial charge in [0, 0.05) is 7.11 Å². The summed E-state index contributed by atoms with van der Waals surface area (Å²) in [4.78, 5) is 0. The average Bonchev–Trinajstić information content (AvgIpc) is 2.54. The summed E-state index contributed by atoms with van der Waals surface area (Å²) in [5.41, 5.74) is 0.00523. The molecule has 0 amide bonds. The molecule has 0 aromatic heterocycles. The van der Waals surface area contributed by atoms with Crippen molar-refractivity contribution in [1.82, 2.24) is 0 Å². The van der Waals surface area contributed by atoms with Crippen LogP contribution in [0.5, 0.6) is 5.75 Å². The Morgan fingerprint density at radius 1 is 1.21 bits per heavy atom. The van der Waals surface area contributed by atoms with Gasteiger partial charge >= 0.3 is 6.18 Å². The maximum Gasteiger partial charge on any atom is 0.416 e. The molecule has 1 aromatic carbocycles. The number of alkyl halides is 3. The lowest BCUT2D eigenvalue weighted by Gasteiger charge is -2.35. The molecule has 3 atom stereocenters.